The Morgan fingerprint density at radius 2 is 1.95 bits per heavy atom. The van der Waals surface area contributed by atoms with Gasteiger partial charge in [-0.3, -0.25) is 4.79 Å². The van der Waals surface area contributed by atoms with Gasteiger partial charge in [0.2, 0.25) is 0 Å². The topological polar surface area (TPSA) is 62.7 Å². The lowest BCUT2D eigenvalue weighted by Gasteiger charge is -2.37. The molecule has 1 unspecified atom stereocenters. The van der Waals surface area contributed by atoms with E-state index in [-0.39, 0.29) is 17.3 Å². The molecular formula is C15H24N2O2. The van der Waals surface area contributed by atoms with Crippen molar-refractivity contribution in [3.8, 4) is 0 Å². The molecule has 4 heteroatoms. The standard InChI is InChI=1S/C15H24N2O2/c1-14(2,3)19-13(18)12-5-4-8-15(12)9-6-11(17-16)7-10-15/h12H,4-10H2,1-3H3. The second kappa shape index (κ2) is 5.09. The smallest absolute Gasteiger partial charge is 0.310 e. The monoisotopic (exact) mass is 264 g/mol. The van der Waals surface area contributed by atoms with Crippen LogP contribution >= 0.6 is 0 Å². The molecule has 0 aliphatic heterocycles. The highest BCUT2D eigenvalue weighted by molar-refractivity contribution is 5.81. The summed E-state index contributed by atoms with van der Waals surface area (Å²) in [5.41, 5.74) is 9.41. The van der Waals surface area contributed by atoms with Crippen LogP contribution in [-0.2, 0) is 9.53 Å². The van der Waals surface area contributed by atoms with Gasteiger partial charge in [0.25, 0.3) is 5.71 Å². The van der Waals surface area contributed by atoms with E-state index in [0.717, 1.165) is 50.7 Å². The first-order valence-electron chi connectivity index (χ1n) is 7.29. The number of nitrogens with zero attached hydrogens (tertiary/aromatic N) is 2. The van der Waals surface area contributed by atoms with Crippen LogP contribution in [-0.4, -0.2) is 22.1 Å². The second-order valence-corrected chi connectivity index (χ2v) is 7.01. The number of esters is 1. The summed E-state index contributed by atoms with van der Waals surface area (Å²) < 4.78 is 5.58. The first-order valence-corrected chi connectivity index (χ1v) is 7.29. The van der Waals surface area contributed by atoms with Gasteiger partial charge < -0.3 is 10.3 Å². The van der Waals surface area contributed by atoms with Crippen molar-refractivity contribution in [2.24, 2.45) is 11.3 Å². The molecule has 0 amide bonds. The van der Waals surface area contributed by atoms with Crippen LogP contribution in [0.25, 0.3) is 5.53 Å². The molecule has 0 saturated heterocycles. The van der Waals surface area contributed by atoms with Crippen molar-refractivity contribution >= 4 is 11.7 Å². The van der Waals surface area contributed by atoms with Gasteiger partial charge in [0.1, 0.15) is 5.60 Å². The van der Waals surface area contributed by atoms with E-state index in [9.17, 15) is 4.79 Å². The third-order valence-corrected chi connectivity index (χ3v) is 4.56. The molecule has 0 bridgehead atoms. The summed E-state index contributed by atoms with van der Waals surface area (Å²) in [6.45, 7) is 5.76. The predicted molar refractivity (Wildman–Crippen MR) is 72.7 cm³/mol. The fourth-order valence-electron chi connectivity index (χ4n) is 3.61. The molecule has 2 saturated carbocycles. The molecule has 2 aliphatic carbocycles. The summed E-state index contributed by atoms with van der Waals surface area (Å²) >= 11 is 0. The Labute approximate surface area is 115 Å². The zero-order chi connectivity index (χ0) is 14.1. The largest absolute Gasteiger partial charge is 0.460 e. The molecule has 1 atom stereocenters. The van der Waals surface area contributed by atoms with E-state index in [4.69, 9.17) is 10.3 Å². The first kappa shape index (κ1) is 14.3. The average molecular weight is 264 g/mol. The Hall–Kier alpha value is -1.15. The molecule has 4 nitrogen and oxygen atoms in total. The number of hydrogen-bond acceptors (Lipinski definition) is 2. The van der Waals surface area contributed by atoms with Crippen molar-refractivity contribution in [2.45, 2.75) is 71.3 Å². The molecule has 2 aliphatic rings. The lowest BCUT2D eigenvalue weighted by molar-refractivity contribution is -0.164. The van der Waals surface area contributed by atoms with E-state index in [1.807, 2.05) is 20.8 Å². The van der Waals surface area contributed by atoms with Crippen molar-refractivity contribution in [2.75, 3.05) is 0 Å². The maximum absolute atomic E-state index is 12.4. The summed E-state index contributed by atoms with van der Waals surface area (Å²) in [5.74, 6) is 0.00125. The van der Waals surface area contributed by atoms with Crippen molar-refractivity contribution in [3.63, 3.8) is 0 Å². The molecule has 0 aromatic rings. The molecule has 0 heterocycles. The average Bonchev–Trinajstić information content (AvgIpc) is 2.72. The summed E-state index contributed by atoms with van der Waals surface area (Å²) in [5, 5.41) is 0. The van der Waals surface area contributed by atoms with Gasteiger partial charge in [-0.15, -0.1) is 0 Å². The summed E-state index contributed by atoms with van der Waals surface area (Å²) in [7, 11) is 0. The Balaban J connectivity index is 2.09. The molecule has 106 valence electrons. The van der Waals surface area contributed by atoms with Crippen molar-refractivity contribution < 1.29 is 14.3 Å². The predicted octanol–water partition coefficient (Wildman–Crippen LogP) is 3.36. The molecule has 1 spiro atoms. The van der Waals surface area contributed by atoms with Crippen LogP contribution in [0.15, 0.2) is 0 Å². The third-order valence-electron chi connectivity index (χ3n) is 4.56. The minimum atomic E-state index is -0.409. The number of carbonyl (C=O) groups is 1. The number of ether oxygens (including phenoxy) is 1. The molecule has 2 rings (SSSR count). The van der Waals surface area contributed by atoms with Crippen LogP contribution in [0.3, 0.4) is 0 Å². The molecule has 0 aromatic heterocycles. The van der Waals surface area contributed by atoms with Crippen molar-refractivity contribution in [1.29, 1.82) is 0 Å². The Kier molecular flexibility index (Phi) is 3.82. The van der Waals surface area contributed by atoms with Crippen molar-refractivity contribution in [1.82, 2.24) is 0 Å². The quantitative estimate of drug-likeness (QED) is 0.414. The molecule has 2 fully saturated rings. The molecule has 0 N–H and O–H groups in total. The van der Waals surface area contributed by atoms with E-state index in [0.29, 0.717) is 0 Å². The zero-order valence-corrected chi connectivity index (χ0v) is 12.2. The molecular weight excluding hydrogens is 240 g/mol. The van der Waals surface area contributed by atoms with Gasteiger partial charge in [0, 0.05) is 12.8 Å². The van der Waals surface area contributed by atoms with E-state index >= 15 is 0 Å². The molecule has 19 heavy (non-hydrogen) atoms. The molecule has 0 aromatic carbocycles. The number of hydrogen-bond donors (Lipinski definition) is 0. The third kappa shape index (κ3) is 3.06. The summed E-state index contributed by atoms with van der Waals surface area (Å²) in [4.78, 5) is 15.7. The maximum Gasteiger partial charge on any atom is 0.310 e. The Morgan fingerprint density at radius 1 is 1.32 bits per heavy atom. The number of carbonyl (C=O) groups excluding carboxylic acids is 1. The van der Waals surface area contributed by atoms with Crippen LogP contribution in [0.4, 0.5) is 0 Å². The Bertz CT molecular complexity index is 406. The second-order valence-electron chi connectivity index (χ2n) is 7.01. The minimum Gasteiger partial charge on any atom is -0.460 e. The summed E-state index contributed by atoms with van der Waals surface area (Å²) in [6.07, 6.45) is 6.70. The van der Waals surface area contributed by atoms with Gasteiger partial charge in [0.15, 0.2) is 0 Å². The van der Waals surface area contributed by atoms with E-state index in [2.05, 4.69) is 4.79 Å². The minimum absolute atomic E-state index is 0.0330. The van der Waals surface area contributed by atoms with Gasteiger partial charge in [-0.05, 0) is 51.9 Å². The van der Waals surface area contributed by atoms with Crippen LogP contribution in [0.1, 0.15) is 65.7 Å². The highest BCUT2D eigenvalue weighted by Gasteiger charge is 2.50. The van der Waals surface area contributed by atoms with Gasteiger partial charge in [0.05, 0.1) is 5.92 Å². The summed E-state index contributed by atoms with van der Waals surface area (Å²) in [6, 6.07) is 0. The normalized spacial score (nSPS) is 31.3. The van der Waals surface area contributed by atoms with Crippen LogP contribution in [0, 0.1) is 11.3 Å². The number of rotatable bonds is 1. The van der Waals surface area contributed by atoms with Crippen LogP contribution in [0.5, 0.6) is 0 Å². The molecule has 0 radical (unpaired) electrons. The highest BCUT2D eigenvalue weighted by Crippen LogP contribution is 2.52. The fraction of sp³-hybridized carbons (Fsp3) is 0.867. The lowest BCUT2D eigenvalue weighted by atomic mass is 9.67. The van der Waals surface area contributed by atoms with E-state index < -0.39 is 5.60 Å². The SMILES string of the molecule is CC(C)(C)OC(=O)C1CCCC12CCC(=[N+]=[N-])CC2. The lowest BCUT2D eigenvalue weighted by Crippen LogP contribution is -2.39. The highest BCUT2D eigenvalue weighted by atomic mass is 16.6. The van der Waals surface area contributed by atoms with Crippen molar-refractivity contribution in [3.05, 3.63) is 5.53 Å². The van der Waals surface area contributed by atoms with E-state index in [1.54, 1.807) is 0 Å². The Morgan fingerprint density at radius 3 is 2.47 bits per heavy atom. The fourth-order valence-corrected chi connectivity index (χ4v) is 3.61. The van der Waals surface area contributed by atoms with Crippen LogP contribution in [0.2, 0.25) is 0 Å². The zero-order valence-electron chi connectivity index (χ0n) is 12.2. The first-order chi connectivity index (χ1) is 8.86. The van der Waals surface area contributed by atoms with Gasteiger partial charge in [-0.2, -0.15) is 4.79 Å². The maximum atomic E-state index is 12.4. The van der Waals surface area contributed by atoms with Gasteiger partial charge in [-0.25, -0.2) is 0 Å². The van der Waals surface area contributed by atoms with Gasteiger partial charge >= 0.3 is 5.97 Å². The van der Waals surface area contributed by atoms with E-state index in [1.165, 1.54) is 0 Å². The van der Waals surface area contributed by atoms with Gasteiger partial charge in [-0.1, -0.05) is 6.42 Å². The van der Waals surface area contributed by atoms with Crippen LogP contribution < -0.4 is 0 Å².